The molecule has 0 fully saturated rings. The lowest BCUT2D eigenvalue weighted by atomic mass is 10.1. The van der Waals surface area contributed by atoms with Crippen molar-refractivity contribution in [2.45, 2.75) is 19.1 Å². The SMILES string of the molecule is CCCS(=O)(=O)Cc1cccc([N+](=O)[O-])c1C(=O)O. The van der Waals surface area contributed by atoms with E-state index in [-0.39, 0.29) is 11.3 Å². The Morgan fingerprint density at radius 1 is 1.42 bits per heavy atom. The van der Waals surface area contributed by atoms with Crippen LogP contribution < -0.4 is 0 Å². The first kappa shape index (κ1) is 15.1. The van der Waals surface area contributed by atoms with Gasteiger partial charge < -0.3 is 5.11 Å². The van der Waals surface area contributed by atoms with Crippen LogP contribution in [0.5, 0.6) is 0 Å². The molecule has 0 unspecified atom stereocenters. The normalized spacial score (nSPS) is 11.2. The molecule has 0 aliphatic rings. The van der Waals surface area contributed by atoms with Crippen LogP contribution in [0.3, 0.4) is 0 Å². The van der Waals surface area contributed by atoms with Crippen LogP contribution in [0.4, 0.5) is 5.69 Å². The third-order valence-electron chi connectivity index (χ3n) is 2.43. The summed E-state index contributed by atoms with van der Waals surface area (Å²) in [5.74, 6) is -2.10. The summed E-state index contributed by atoms with van der Waals surface area (Å²) in [5, 5.41) is 19.8. The average molecular weight is 287 g/mol. The average Bonchev–Trinajstić information content (AvgIpc) is 2.27. The van der Waals surface area contributed by atoms with Crippen molar-refractivity contribution in [2.75, 3.05) is 5.75 Å². The highest BCUT2D eigenvalue weighted by Crippen LogP contribution is 2.24. The monoisotopic (exact) mass is 287 g/mol. The largest absolute Gasteiger partial charge is 0.477 e. The van der Waals surface area contributed by atoms with Crippen LogP contribution in [-0.2, 0) is 15.6 Å². The number of hydrogen-bond donors (Lipinski definition) is 1. The molecule has 8 heteroatoms. The van der Waals surface area contributed by atoms with Gasteiger partial charge in [-0.3, -0.25) is 10.1 Å². The van der Waals surface area contributed by atoms with Crippen LogP contribution in [-0.4, -0.2) is 30.2 Å². The summed E-state index contributed by atoms with van der Waals surface area (Å²) in [4.78, 5) is 21.0. The zero-order valence-electron chi connectivity index (χ0n) is 10.2. The van der Waals surface area contributed by atoms with Gasteiger partial charge in [0, 0.05) is 6.07 Å². The number of hydrogen-bond acceptors (Lipinski definition) is 5. The van der Waals surface area contributed by atoms with Crippen molar-refractivity contribution in [1.82, 2.24) is 0 Å². The Morgan fingerprint density at radius 2 is 2.05 bits per heavy atom. The minimum Gasteiger partial charge on any atom is -0.477 e. The topological polar surface area (TPSA) is 115 Å². The Bertz CT molecular complexity index is 608. The van der Waals surface area contributed by atoms with Gasteiger partial charge in [-0.25, -0.2) is 13.2 Å². The predicted octanol–water partition coefficient (Wildman–Crippen LogP) is 1.62. The van der Waals surface area contributed by atoms with E-state index >= 15 is 0 Å². The second-order valence-electron chi connectivity index (χ2n) is 3.97. The highest BCUT2D eigenvalue weighted by atomic mass is 32.2. The first-order valence-corrected chi connectivity index (χ1v) is 7.30. The van der Waals surface area contributed by atoms with Crippen LogP contribution in [0.1, 0.15) is 29.3 Å². The zero-order chi connectivity index (χ0) is 14.6. The Morgan fingerprint density at radius 3 is 2.53 bits per heavy atom. The summed E-state index contributed by atoms with van der Waals surface area (Å²) >= 11 is 0. The maximum Gasteiger partial charge on any atom is 0.343 e. The second-order valence-corrected chi connectivity index (χ2v) is 6.15. The van der Waals surface area contributed by atoms with Crippen molar-refractivity contribution in [1.29, 1.82) is 0 Å². The Balaban J connectivity index is 3.33. The van der Waals surface area contributed by atoms with Crippen molar-refractivity contribution >= 4 is 21.5 Å². The lowest BCUT2D eigenvalue weighted by Gasteiger charge is -2.07. The number of carboxylic acids is 1. The molecule has 104 valence electrons. The Kier molecular flexibility index (Phi) is 4.60. The van der Waals surface area contributed by atoms with E-state index < -0.39 is 37.7 Å². The fourth-order valence-electron chi connectivity index (χ4n) is 1.73. The van der Waals surface area contributed by atoms with E-state index in [9.17, 15) is 23.3 Å². The molecule has 0 saturated carbocycles. The molecule has 0 aliphatic heterocycles. The standard InChI is InChI=1S/C11H13NO6S/c1-2-6-19(17,18)7-8-4-3-5-9(12(15)16)10(8)11(13)14/h3-5H,2,6-7H2,1H3,(H,13,14). The summed E-state index contributed by atoms with van der Waals surface area (Å²) in [6, 6.07) is 3.60. The molecule has 1 aromatic rings. The van der Waals surface area contributed by atoms with Gasteiger partial charge in [-0.05, 0) is 12.0 Å². The first-order chi connectivity index (χ1) is 8.78. The second kappa shape index (κ2) is 5.79. The summed E-state index contributed by atoms with van der Waals surface area (Å²) in [5.41, 5.74) is -1.22. The van der Waals surface area contributed by atoms with Gasteiger partial charge in [-0.15, -0.1) is 0 Å². The predicted molar refractivity (Wildman–Crippen MR) is 67.8 cm³/mol. The number of nitrogens with zero attached hydrogens (tertiary/aromatic N) is 1. The number of aromatic carboxylic acids is 1. The van der Waals surface area contributed by atoms with Crippen molar-refractivity contribution in [3.8, 4) is 0 Å². The molecule has 0 amide bonds. The molecule has 0 saturated heterocycles. The third-order valence-corrected chi connectivity index (χ3v) is 4.21. The number of benzene rings is 1. The van der Waals surface area contributed by atoms with Gasteiger partial charge in [-0.1, -0.05) is 19.1 Å². The number of nitro benzene ring substituents is 1. The molecule has 0 spiro atoms. The Hall–Kier alpha value is -1.96. The molecule has 19 heavy (non-hydrogen) atoms. The molecule has 7 nitrogen and oxygen atoms in total. The summed E-state index contributed by atoms with van der Waals surface area (Å²) < 4.78 is 23.4. The van der Waals surface area contributed by atoms with Crippen molar-refractivity contribution < 1.29 is 23.2 Å². The van der Waals surface area contributed by atoms with E-state index in [1.54, 1.807) is 6.92 Å². The van der Waals surface area contributed by atoms with Crippen LogP contribution >= 0.6 is 0 Å². The highest BCUT2D eigenvalue weighted by molar-refractivity contribution is 7.90. The van der Waals surface area contributed by atoms with Crippen LogP contribution in [0.25, 0.3) is 0 Å². The molecule has 0 aromatic heterocycles. The van der Waals surface area contributed by atoms with Gasteiger partial charge in [-0.2, -0.15) is 0 Å². The number of sulfone groups is 1. The van der Waals surface area contributed by atoms with Crippen molar-refractivity contribution in [3.63, 3.8) is 0 Å². The van der Waals surface area contributed by atoms with Gasteiger partial charge in [0.05, 0.1) is 16.4 Å². The number of carboxylic acid groups (broad SMARTS) is 1. The minimum atomic E-state index is -3.47. The summed E-state index contributed by atoms with van der Waals surface area (Å²) in [6.45, 7) is 1.68. The molecule has 1 aromatic carbocycles. The molecule has 0 bridgehead atoms. The first-order valence-electron chi connectivity index (χ1n) is 5.48. The van der Waals surface area contributed by atoms with Gasteiger partial charge in [0.1, 0.15) is 5.56 Å². The van der Waals surface area contributed by atoms with Gasteiger partial charge in [0.15, 0.2) is 9.84 Å². The third kappa shape index (κ3) is 3.75. The van der Waals surface area contributed by atoms with Crippen LogP contribution in [0, 0.1) is 10.1 Å². The molecular formula is C11H13NO6S. The Labute approximate surface area is 109 Å². The molecule has 0 aliphatic carbocycles. The minimum absolute atomic E-state index is 0.0600. The smallest absolute Gasteiger partial charge is 0.343 e. The molecule has 0 radical (unpaired) electrons. The maximum absolute atomic E-state index is 11.7. The van der Waals surface area contributed by atoms with E-state index in [1.165, 1.54) is 12.1 Å². The maximum atomic E-state index is 11.7. The molecule has 1 N–H and O–H groups in total. The van der Waals surface area contributed by atoms with E-state index in [4.69, 9.17) is 5.11 Å². The van der Waals surface area contributed by atoms with Gasteiger partial charge in [0.25, 0.3) is 5.69 Å². The molecule has 0 atom stereocenters. The van der Waals surface area contributed by atoms with Crippen LogP contribution in [0.15, 0.2) is 18.2 Å². The molecule has 0 heterocycles. The van der Waals surface area contributed by atoms with Crippen molar-refractivity contribution in [3.05, 3.63) is 39.4 Å². The van der Waals surface area contributed by atoms with Crippen LogP contribution in [0.2, 0.25) is 0 Å². The lowest BCUT2D eigenvalue weighted by molar-refractivity contribution is -0.385. The van der Waals surface area contributed by atoms with E-state index in [0.717, 1.165) is 6.07 Å². The molecule has 1 rings (SSSR count). The summed E-state index contributed by atoms with van der Waals surface area (Å²) in [6.07, 6.45) is 0.402. The fraction of sp³-hybridized carbons (Fsp3) is 0.364. The van der Waals surface area contributed by atoms with E-state index in [1.807, 2.05) is 0 Å². The summed E-state index contributed by atoms with van der Waals surface area (Å²) in [7, 11) is -3.47. The van der Waals surface area contributed by atoms with Gasteiger partial charge in [0.2, 0.25) is 0 Å². The van der Waals surface area contributed by atoms with Gasteiger partial charge >= 0.3 is 5.97 Å². The number of rotatable bonds is 6. The van der Waals surface area contributed by atoms with Crippen molar-refractivity contribution in [2.24, 2.45) is 0 Å². The lowest BCUT2D eigenvalue weighted by Crippen LogP contribution is -2.13. The quantitative estimate of drug-likeness (QED) is 0.628. The fourth-order valence-corrected chi connectivity index (χ4v) is 3.21. The highest BCUT2D eigenvalue weighted by Gasteiger charge is 2.25. The number of nitro groups is 1. The zero-order valence-corrected chi connectivity index (χ0v) is 11.0. The van der Waals surface area contributed by atoms with E-state index in [2.05, 4.69) is 0 Å². The number of carbonyl (C=O) groups is 1. The molecular weight excluding hydrogens is 274 g/mol. The van der Waals surface area contributed by atoms with E-state index in [0.29, 0.717) is 6.42 Å².